The maximum Gasteiger partial charge on any atom is 0.334 e. The minimum atomic E-state index is -1.90. The van der Waals surface area contributed by atoms with Crippen LogP contribution >= 0.6 is 0 Å². The van der Waals surface area contributed by atoms with Crippen LogP contribution in [0.1, 0.15) is 6.42 Å². The molecule has 2 unspecified atom stereocenters. The van der Waals surface area contributed by atoms with Gasteiger partial charge < -0.3 is 18.3 Å². The highest BCUT2D eigenvalue weighted by Gasteiger charge is 2.41. The van der Waals surface area contributed by atoms with Crippen LogP contribution in [-0.4, -0.2) is 59.9 Å². The summed E-state index contributed by atoms with van der Waals surface area (Å²) < 4.78 is 21.5. The van der Waals surface area contributed by atoms with Crippen LogP contribution in [0.2, 0.25) is 12.6 Å². The van der Waals surface area contributed by atoms with Crippen LogP contribution in [0.25, 0.3) is 0 Å². The summed E-state index contributed by atoms with van der Waals surface area (Å²) in [5.41, 5.74) is 0. The lowest BCUT2D eigenvalue weighted by Crippen LogP contribution is -2.38. The van der Waals surface area contributed by atoms with Gasteiger partial charge in [0.1, 0.15) is 12.5 Å². The van der Waals surface area contributed by atoms with Crippen LogP contribution < -0.4 is 0 Å². The Morgan fingerprint density at radius 2 is 1.69 bits per heavy atom. The fraction of sp³-hybridized carbons (Fsp3) is 1.00. The highest BCUT2D eigenvalue weighted by Crippen LogP contribution is 2.26. The molecule has 2 rings (SSSR count). The number of rotatable bonds is 8. The number of epoxide rings is 2. The monoisotopic (exact) mass is 247 g/mol. The van der Waals surface area contributed by atoms with Crippen molar-refractivity contribution in [1.29, 1.82) is 0 Å². The molecular weight excluding hydrogens is 226 g/mol. The molecule has 6 heteroatoms. The van der Waals surface area contributed by atoms with Crippen LogP contribution in [0.5, 0.6) is 0 Å². The third kappa shape index (κ3) is 3.25. The highest BCUT2D eigenvalue weighted by molar-refractivity contribution is 6.65. The maximum atomic E-state index is 5.46. The smallest absolute Gasteiger partial charge is 0.334 e. The fourth-order valence-corrected chi connectivity index (χ4v) is 3.19. The van der Waals surface area contributed by atoms with Crippen molar-refractivity contribution in [1.82, 2.24) is 4.90 Å². The Labute approximate surface area is 97.9 Å². The second-order valence-corrected chi connectivity index (χ2v) is 8.04. The Balaban J connectivity index is 1.69. The molecule has 2 atom stereocenters. The molecule has 0 N–H and O–H groups in total. The molecule has 0 amide bonds. The zero-order valence-electron chi connectivity index (χ0n) is 10.3. The first-order chi connectivity index (χ1) is 7.68. The molecule has 2 heterocycles. The van der Waals surface area contributed by atoms with Gasteiger partial charge in [-0.15, -0.1) is 0 Å². The van der Waals surface area contributed by atoms with Crippen molar-refractivity contribution in [3.05, 3.63) is 0 Å². The van der Waals surface area contributed by atoms with Gasteiger partial charge in [-0.25, -0.2) is 4.90 Å². The van der Waals surface area contributed by atoms with Crippen LogP contribution in [0.15, 0.2) is 0 Å². The molecule has 2 saturated heterocycles. The van der Waals surface area contributed by atoms with E-state index in [2.05, 4.69) is 11.4 Å². The number of hydrogen-bond donors (Lipinski definition) is 0. The van der Waals surface area contributed by atoms with Gasteiger partial charge in [-0.3, -0.25) is 0 Å². The van der Waals surface area contributed by atoms with E-state index in [1.54, 1.807) is 14.2 Å². The van der Waals surface area contributed by atoms with Crippen molar-refractivity contribution < 1.29 is 18.3 Å². The topological polar surface area (TPSA) is 46.8 Å². The Bertz CT molecular complexity index is 217. The van der Waals surface area contributed by atoms with E-state index in [1.807, 2.05) is 0 Å². The molecule has 2 aliphatic rings. The zero-order valence-corrected chi connectivity index (χ0v) is 11.3. The molecule has 0 aromatic carbocycles. The summed E-state index contributed by atoms with van der Waals surface area (Å²) >= 11 is 0. The molecule has 2 fully saturated rings. The lowest BCUT2D eigenvalue weighted by Gasteiger charge is -2.24. The second-order valence-electron chi connectivity index (χ2n) is 4.46. The molecule has 16 heavy (non-hydrogen) atoms. The minimum Gasteiger partial charge on any atom is -0.398 e. The first-order valence-electron chi connectivity index (χ1n) is 5.78. The SMILES string of the molecule is CO[Si](C)(CCCN(C1CO1)C1CO1)OC. The number of ether oxygens (including phenoxy) is 2. The molecule has 0 spiro atoms. The summed E-state index contributed by atoms with van der Waals surface area (Å²) in [6, 6.07) is 1.01. The summed E-state index contributed by atoms with van der Waals surface area (Å²) in [4.78, 5) is 2.29. The van der Waals surface area contributed by atoms with E-state index in [4.69, 9.17) is 18.3 Å². The first kappa shape index (κ1) is 12.5. The van der Waals surface area contributed by atoms with E-state index in [9.17, 15) is 0 Å². The summed E-state index contributed by atoms with van der Waals surface area (Å²) in [6.45, 7) is 4.80. The summed E-state index contributed by atoms with van der Waals surface area (Å²) in [5.74, 6) is 0. The van der Waals surface area contributed by atoms with Crippen LogP contribution in [0, 0.1) is 0 Å². The summed E-state index contributed by atoms with van der Waals surface area (Å²) in [5, 5.41) is 0. The number of hydrogen-bond acceptors (Lipinski definition) is 5. The quantitative estimate of drug-likeness (QED) is 0.468. The molecule has 5 nitrogen and oxygen atoms in total. The van der Waals surface area contributed by atoms with Gasteiger partial charge >= 0.3 is 8.56 Å². The van der Waals surface area contributed by atoms with Gasteiger partial charge in [0, 0.05) is 20.8 Å². The van der Waals surface area contributed by atoms with E-state index in [0.29, 0.717) is 12.5 Å². The average Bonchev–Trinajstić information content (AvgIpc) is 3.17. The molecule has 0 aromatic rings. The first-order valence-corrected chi connectivity index (χ1v) is 8.30. The molecular formula is C10H21NO4Si. The van der Waals surface area contributed by atoms with Crippen LogP contribution in [-0.2, 0) is 18.3 Å². The Hall–Kier alpha value is 0.0169. The lowest BCUT2D eigenvalue weighted by molar-refractivity contribution is 0.112. The lowest BCUT2D eigenvalue weighted by atomic mass is 10.4. The summed E-state index contributed by atoms with van der Waals surface area (Å²) in [6.07, 6.45) is 1.67. The minimum absolute atomic E-state index is 0.297. The molecule has 0 bridgehead atoms. The maximum absolute atomic E-state index is 5.46. The molecule has 0 aromatic heterocycles. The van der Waals surface area contributed by atoms with E-state index >= 15 is 0 Å². The standard InChI is InChI=1S/C10H21NO4Si/c1-12-16(3,13-2)6-4-5-11(9-7-14-9)10-8-15-10/h9-10H,4-8H2,1-3H3. The van der Waals surface area contributed by atoms with E-state index in [1.165, 1.54) is 0 Å². The van der Waals surface area contributed by atoms with Crippen molar-refractivity contribution in [2.24, 2.45) is 0 Å². The second kappa shape index (κ2) is 5.12. The molecule has 0 radical (unpaired) electrons. The van der Waals surface area contributed by atoms with Crippen LogP contribution in [0.4, 0.5) is 0 Å². The molecule has 94 valence electrons. The average molecular weight is 247 g/mol. The Morgan fingerprint density at radius 3 is 2.06 bits per heavy atom. The van der Waals surface area contributed by atoms with E-state index in [0.717, 1.165) is 32.2 Å². The number of nitrogens with zero attached hydrogens (tertiary/aromatic N) is 1. The van der Waals surface area contributed by atoms with Crippen molar-refractivity contribution in [3.8, 4) is 0 Å². The van der Waals surface area contributed by atoms with Crippen molar-refractivity contribution >= 4 is 8.56 Å². The van der Waals surface area contributed by atoms with Gasteiger partial charge in [0.25, 0.3) is 0 Å². The summed E-state index contributed by atoms with van der Waals surface area (Å²) in [7, 11) is 1.57. The van der Waals surface area contributed by atoms with Gasteiger partial charge in [0.2, 0.25) is 0 Å². The predicted molar refractivity (Wildman–Crippen MR) is 61.2 cm³/mol. The highest BCUT2D eigenvalue weighted by atomic mass is 28.4. The fourth-order valence-electron chi connectivity index (χ4n) is 1.81. The van der Waals surface area contributed by atoms with Gasteiger partial charge in [0.05, 0.1) is 13.2 Å². The molecule has 0 saturated carbocycles. The van der Waals surface area contributed by atoms with Gasteiger partial charge in [-0.1, -0.05) is 0 Å². The molecule has 2 aliphatic heterocycles. The van der Waals surface area contributed by atoms with Crippen molar-refractivity contribution in [2.75, 3.05) is 34.0 Å². The predicted octanol–water partition coefficient (Wildman–Crippen LogP) is 0.756. The normalized spacial score (nSPS) is 28.5. The third-order valence-corrected chi connectivity index (χ3v) is 6.27. The Morgan fingerprint density at radius 1 is 1.19 bits per heavy atom. The van der Waals surface area contributed by atoms with Crippen molar-refractivity contribution in [2.45, 2.75) is 31.5 Å². The van der Waals surface area contributed by atoms with Gasteiger partial charge in [-0.05, 0) is 19.0 Å². The van der Waals surface area contributed by atoms with E-state index in [-0.39, 0.29) is 0 Å². The third-order valence-electron chi connectivity index (χ3n) is 3.28. The van der Waals surface area contributed by atoms with Gasteiger partial charge in [-0.2, -0.15) is 0 Å². The Kier molecular flexibility index (Phi) is 3.99. The van der Waals surface area contributed by atoms with E-state index < -0.39 is 8.56 Å². The van der Waals surface area contributed by atoms with Crippen LogP contribution in [0.3, 0.4) is 0 Å². The van der Waals surface area contributed by atoms with Gasteiger partial charge in [0.15, 0.2) is 0 Å². The molecule has 0 aliphatic carbocycles. The zero-order chi connectivity index (χ0) is 11.6. The van der Waals surface area contributed by atoms with Crippen molar-refractivity contribution in [3.63, 3.8) is 0 Å². The largest absolute Gasteiger partial charge is 0.398 e.